The molecule has 0 saturated heterocycles. The first-order valence-corrected chi connectivity index (χ1v) is 11.1. The zero-order chi connectivity index (χ0) is 23.7. The first kappa shape index (κ1) is 26.8. The highest BCUT2D eigenvalue weighted by Crippen LogP contribution is 2.39. The van der Waals surface area contributed by atoms with Crippen molar-refractivity contribution in [3.05, 3.63) is 84.6 Å². The van der Waals surface area contributed by atoms with Gasteiger partial charge in [0.05, 0.1) is 16.9 Å². The molecule has 3 aromatic carbocycles. The van der Waals surface area contributed by atoms with E-state index in [4.69, 9.17) is 0 Å². The van der Waals surface area contributed by atoms with E-state index in [2.05, 4.69) is 26.6 Å². The zero-order valence-corrected chi connectivity index (χ0v) is 21.5. The number of carbonyl (C=O) groups is 2. The molecule has 36 heavy (non-hydrogen) atoms. The largest absolute Gasteiger partial charge is 0.362 e. The Bertz CT molecular complexity index is 1390. The first-order valence-electron chi connectivity index (χ1n) is 11.1. The van der Waals surface area contributed by atoms with Crippen molar-refractivity contribution in [1.29, 1.82) is 0 Å². The molecule has 0 saturated carbocycles. The zero-order valence-electron chi connectivity index (χ0n) is 19.9. The molecule has 9 heteroatoms. The number of anilines is 5. The predicted molar refractivity (Wildman–Crippen MR) is 152 cm³/mol. The summed E-state index contributed by atoms with van der Waals surface area (Å²) in [5, 5.41) is 8.13. The van der Waals surface area contributed by atoms with Gasteiger partial charge in [0, 0.05) is 50.0 Å². The van der Waals surface area contributed by atoms with Crippen molar-refractivity contribution in [2.45, 2.75) is 6.42 Å². The van der Waals surface area contributed by atoms with Crippen LogP contribution in [-0.2, 0) is 4.79 Å². The van der Waals surface area contributed by atoms with Crippen LogP contribution in [0.5, 0.6) is 0 Å². The minimum atomic E-state index is -0.217. The van der Waals surface area contributed by atoms with Gasteiger partial charge in [-0.3, -0.25) is 9.59 Å². The molecular formula is C27H27Cl2N5O2. The third kappa shape index (κ3) is 5.22. The predicted octanol–water partition coefficient (Wildman–Crippen LogP) is 5.88. The number of hydrogen-bond acceptors (Lipinski definition) is 5. The van der Waals surface area contributed by atoms with E-state index in [9.17, 15) is 9.59 Å². The molecule has 0 fully saturated rings. The van der Waals surface area contributed by atoms with E-state index >= 15 is 0 Å². The summed E-state index contributed by atoms with van der Waals surface area (Å²) in [6.45, 7) is 0.560. The van der Waals surface area contributed by atoms with E-state index in [1.54, 1.807) is 18.3 Å². The monoisotopic (exact) mass is 523 g/mol. The maximum Gasteiger partial charge on any atom is 0.259 e. The second-order valence-electron chi connectivity index (χ2n) is 8.40. The number of carbonyl (C=O) groups excluding carboxylic acids is 2. The number of nitrogens with zero attached hydrogens (tertiary/aromatic N) is 3. The molecule has 1 aliphatic rings. The molecule has 1 aliphatic heterocycles. The van der Waals surface area contributed by atoms with Gasteiger partial charge in [-0.2, -0.15) is 0 Å². The number of halogens is 2. The molecule has 7 nitrogen and oxygen atoms in total. The van der Waals surface area contributed by atoms with Gasteiger partial charge in [-0.15, -0.1) is 24.8 Å². The Morgan fingerprint density at radius 3 is 2.47 bits per heavy atom. The molecule has 0 aliphatic carbocycles. The molecule has 0 atom stereocenters. The van der Waals surface area contributed by atoms with Gasteiger partial charge in [-0.05, 0) is 47.9 Å². The van der Waals surface area contributed by atoms with Gasteiger partial charge in [0.1, 0.15) is 5.82 Å². The van der Waals surface area contributed by atoms with Gasteiger partial charge in [0.15, 0.2) is 0 Å². The quantitative estimate of drug-likeness (QED) is 0.349. The van der Waals surface area contributed by atoms with Crippen LogP contribution >= 0.6 is 24.8 Å². The van der Waals surface area contributed by atoms with Crippen molar-refractivity contribution in [3.8, 4) is 0 Å². The summed E-state index contributed by atoms with van der Waals surface area (Å²) >= 11 is 0. The van der Waals surface area contributed by atoms with E-state index in [0.29, 0.717) is 30.0 Å². The van der Waals surface area contributed by atoms with E-state index < -0.39 is 0 Å². The first-order chi connectivity index (χ1) is 16.5. The molecule has 0 unspecified atom stereocenters. The number of fused-ring (bicyclic) bond motifs is 3. The lowest BCUT2D eigenvalue weighted by atomic mass is 10.1. The van der Waals surface area contributed by atoms with E-state index in [-0.39, 0.29) is 36.6 Å². The fourth-order valence-corrected chi connectivity index (χ4v) is 4.27. The molecule has 2 amide bonds. The van der Waals surface area contributed by atoms with E-state index in [1.807, 2.05) is 73.6 Å². The van der Waals surface area contributed by atoms with Gasteiger partial charge < -0.3 is 20.4 Å². The Labute approximate surface area is 222 Å². The fraction of sp³-hybridized carbons (Fsp3) is 0.148. The van der Waals surface area contributed by atoms with Crippen molar-refractivity contribution < 1.29 is 9.59 Å². The summed E-state index contributed by atoms with van der Waals surface area (Å²) in [6.07, 6.45) is 2.05. The molecule has 1 aromatic heterocycles. The lowest BCUT2D eigenvalue weighted by molar-refractivity contribution is -0.115. The minimum absolute atomic E-state index is 0. The molecule has 5 rings (SSSR count). The summed E-state index contributed by atoms with van der Waals surface area (Å²) in [5.41, 5.74) is 3.92. The highest BCUT2D eigenvalue weighted by molar-refractivity contribution is 6.09. The number of amides is 2. The van der Waals surface area contributed by atoms with Gasteiger partial charge >= 0.3 is 0 Å². The van der Waals surface area contributed by atoms with Crippen LogP contribution in [0.15, 0.2) is 79.0 Å². The average Bonchev–Trinajstić information content (AvgIpc) is 3.03. The molecule has 186 valence electrons. The lowest BCUT2D eigenvalue weighted by Crippen LogP contribution is -2.20. The lowest BCUT2D eigenvalue weighted by Gasteiger charge is -2.25. The van der Waals surface area contributed by atoms with Crippen LogP contribution in [0.4, 0.5) is 28.6 Å². The molecule has 2 N–H and O–H groups in total. The number of benzene rings is 3. The van der Waals surface area contributed by atoms with E-state index in [0.717, 1.165) is 27.8 Å². The third-order valence-electron chi connectivity index (χ3n) is 5.92. The minimum Gasteiger partial charge on any atom is -0.362 e. The normalized spacial score (nSPS) is 12.4. The second-order valence-corrected chi connectivity index (χ2v) is 8.40. The average molecular weight is 524 g/mol. The van der Waals surface area contributed by atoms with Gasteiger partial charge in [-0.25, -0.2) is 4.98 Å². The van der Waals surface area contributed by atoms with Gasteiger partial charge in [0.25, 0.3) is 5.91 Å². The number of aromatic nitrogens is 1. The summed E-state index contributed by atoms with van der Waals surface area (Å²) in [5.74, 6) is 0.394. The Morgan fingerprint density at radius 2 is 1.72 bits per heavy atom. The summed E-state index contributed by atoms with van der Waals surface area (Å²) in [6, 6.07) is 23.3. The van der Waals surface area contributed by atoms with Crippen LogP contribution in [-0.4, -0.2) is 37.4 Å². The van der Waals surface area contributed by atoms with Crippen LogP contribution in [0.25, 0.3) is 10.8 Å². The standard InChI is InChI=1S/C27H25N5O2.2ClH/c1-31(2)26-22(8-5-16-28-26)27(34)29-19-10-12-20(13-11-19)32-17-15-24(33)30-25-21-7-4-3-6-18(21)9-14-23(25)32;;/h3-14,16H,15,17H2,1-2H3,(H,29,34)(H,30,33);2*1H. The molecular weight excluding hydrogens is 497 g/mol. The molecule has 4 aromatic rings. The molecule has 0 bridgehead atoms. The van der Waals surface area contributed by atoms with Gasteiger partial charge in [0.2, 0.25) is 5.91 Å². The highest BCUT2D eigenvalue weighted by atomic mass is 35.5. The maximum absolute atomic E-state index is 12.9. The smallest absolute Gasteiger partial charge is 0.259 e. The fourth-order valence-electron chi connectivity index (χ4n) is 4.27. The van der Waals surface area contributed by atoms with Crippen LogP contribution in [0.2, 0.25) is 0 Å². The SMILES string of the molecule is CN(C)c1ncccc1C(=O)Nc1ccc(N2CCC(=O)Nc3c2ccc2ccccc32)cc1.Cl.Cl. The Balaban J connectivity index is 0.00000180. The van der Waals surface area contributed by atoms with Crippen LogP contribution in [0, 0.1) is 0 Å². The van der Waals surface area contributed by atoms with E-state index in [1.165, 1.54) is 0 Å². The van der Waals surface area contributed by atoms with Crippen LogP contribution in [0.3, 0.4) is 0 Å². The number of nitrogens with one attached hydrogen (secondary N) is 2. The maximum atomic E-state index is 12.9. The van der Waals surface area contributed by atoms with Crippen molar-refractivity contribution in [3.63, 3.8) is 0 Å². The summed E-state index contributed by atoms with van der Waals surface area (Å²) in [7, 11) is 3.71. The molecule has 0 radical (unpaired) electrons. The highest BCUT2D eigenvalue weighted by Gasteiger charge is 2.22. The Kier molecular flexibility index (Phi) is 8.40. The third-order valence-corrected chi connectivity index (χ3v) is 5.92. The van der Waals surface area contributed by atoms with Gasteiger partial charge in [-0.1, -0.05) is 30.3 Å². The molecule has 0 spiro atoms. The number of hydrogen-bond donors (Lipinski definition) is 2. The van der Waals surface area contributed by atoms with Crippen molar-refractivity contribution in [1.82, 2.24) is 4.98 Å². The van der Waals surface area contributed by atoms with Crippen LogP contribution in [0.1, 0.15) is 16.8 Å². The summed E-state index contributed by atoms with van der Waals surface area (Å²) in [4.78, 5) is 33.6. The molecule has 2 heterocycles. The number of rotatable bonds is 4. The number of pyridine rings is 1. The van der Waals surface area contributed by atoms with Crippen LogP contribution < -0.4 is 20.4 Å². The second kappa shape index (κ2) is 11.3. The Morgan fingerprint density at radius 1 is 0.972 bits per heavy atom. The summed E-state index contributed by atoms with van der Waals surface area (Å²) < 4.78 is 0. The van der Waals surface area contributed by atoms with Crippen molar-refractivity contribution in [2.75, 3.05) is 41.1 Å². The van der Waals surface area contributed by atoms with Crippen molar-refractivity contribution >= 4 is 76.0 Å². The Hall–Kier alpha value is -3.81. The topological polar surface area (TPSA) is 77.6 Å². The van der Waals surface area contributed by atoms with Crippen molar-refractivity contribution in [2.24, 2.45) is 0 Å².